The Balaban J connectivity index is 1.22. The van der Waals surface area contributed by atoms with Gasteiger partial charge in [-0.15, -0.1) is 11.3 Å². The molecule has 0 radical (unpaired) electrons. The zero-order valence-corrected chi connectivity index (χ0v) is 24.7. The number of carbonyl (C=O) groups excluding carboxylic acids is 1. The Morgan fingerprint density at radius 3 is 2.63 bits per heavy atom. The molecule has 0 aliphatic carbocycles. The number of rotatable bonds is 8. The van der Waals surface area contributed by atoms with E-state index in [0.717, 1.165) is 32.7 Å². The van der Waals surface area contributed by atoms with E-state index in [1.165, 1.54) is 23.3 Å². The Morgan fingerprint density at radius 1 is 1.09 bits per heavy atom. The molecule has 43 heavy (non-hydrogen) atoms. The maximum absolute atomic E-state index is 12.7. The van der Waals surface area contributed by atoms with Crippen molar-refractivity contribution in [3.05, 3.63) is 71.8 Å². The van der Waals surface area contributed by atoms with E-state index in [-0.39, 0.29) is 6.10 Å². The predicted octanol–water partition coefficient (Wildman–Crippen LogP) is 5.33. The van der Waals surface area contributed by atoms with Gasteiger partial charge >= 0.3 is 12.1 Å². The topological polar surface area (TPSA) is 134 Å². The minimum Gasteiger partial charge on any atom is -0.484 e. The van der Waals surface area contributed by atoms with Crippen LogP contribution in [-0.4, -0.2) is 72.7 Å². The van der Waals surface area contributed by atoms with E-state index in [2.05, 4.69) is 15.1 Å². The second-order valence-electron chi connectivity index (χ2n) is 10.3. The summed E-state index contributed by atoms with van der Waals surface area (Å²) in [4.78, 5) is 34.6. The number of benzene rings is 1. The molecule has 1 saturated heterocycles. The van der Waals surface area contributed by atoms with Crippen LogP contribution < -0.4 is 9.47 Å². The number of thiophene rings is 1. The van der Waals surface area contributed by atoms with Crippen LogP contribution in [0.5, 0.6) is 11.6 Å². The van der Waals surface area contributed by atoms with Crippen molar-refractivity contribution < 1.29 is 28.9 Å². The summed E-state index contributed by atoms with van der Waals surface area (Å²) >= 11 is 1.26. The first kappa shape index (κ1) is 28.2. The summed E-state index contributed by atoms with van der Waals surface area (Å²) in [7, 11) is 3.22. The molecule has 0 saturated carbocycles. The van der Waals surface area contributed by atoms with Crippen LogP contribution in [0.3, 0.4) is 0 Å². The van der Waals surface area contributed by atoms with Crippen molar-refractivity contribution in [2.45, 2.75) is 32.0 Å². The highest BCUT2D eigenvalue weighted by Crippen LogP contribution is 2.37. The minimum atomic E-state index is -0.913. The molecular weight excluding hydrogens is 572 g/mol. The number of fused-ring (bicyclic) bond motifs is 1. The molecule has 1 N–H and O–H groups in total. The first-order chi connectivity index (χ1) is 20.8. The summed E-state index contributed by atoms with van der Waals surface area (Å²) in [6, 6.07) is 11.5. The molecule has 5 aromatic rings. The number of carboxylic acid groups (broad SMARTS) is 1. The second-order valence-corrected chi connectivity index (χ2v) is 11.3. The summed E-state index contributed by atoms with van der Waals surface area (Å²) in [6.45, 7) is 2.73. The number of piperidine rings is 1. The third-order valence-corrected chi connectivity index (χ3v) is 8.51. The summed E-state index contributed by atoms with van der Waals surface area (Å²) < 4.78 is 21.1. The zero-order chi connectivity index (χ0) is 30.1. The van der Waals surface area contributed by atoms with Crippen LogP contribution in [0.15, 0.2) is 61.3 Å². The number of hydrogen-bond acceptors (Lipinski definition) is 9. The van der Waals surface area contributed by atoms with Gasteiger partial charge in [0.25, 0.3) is 0 Å². The Kier molecular flexibility index (Phi) is 7.72. The molecule has 0 bridgehead atoms. The van der Waals surface area contributed by atoms with Gasteiger partial charge in [-0.25, -0.2) is 19.6 Å². The van der Waals surface area contributed by atoms with E-state index in [0.29, 0.717) is 42.4 Å². The molecule has 5 heterocycles. The molecule has 1 fully saturated rings. The quantitative estimate of drug-likeness (QED) is 0.234. The number of carbonyl (C=O) groups is 2. The number of aryl methyl sites for hydroxylation is 1. The molecule has 1 aliphatic heterocycles. The summed E-state index contributed by atoms with van der Waals surface area (Å²) in [5, 5.41) is 14.2. The molecule has 4 aromatic heterocycles. The highest BCUT2D eigenvalue weighted by atomic mass is 32.1. The first-order valence-electron chi connectivity index (χ1n) is 13.7. The van der Waals surface area contributed by atoms with Gasteiger partial charge in [-0.2, -0.15) is 5.10 Å². The number of amides is 1. The van der Waals surface area contributed by atoms with Crippen molar-refractivity contribution in [3.63, 3.8) is 0 Å². The van der Waals surface area contributed by atoms with Crippen molar-refractivity contribution in [3.8, 4) is 27.8 Å². The molecule has 1 unspecified atom stereocenters. The maximum Gasteiger partial charge on any atom is 0.407 e. The van der Waals surface area contributed by atoms with Gasteiger partial charge in [-0.05, 0) is 36.2 Å². The summed E-state index contributed by atoms with van der Waals surface area (Å²) in [5.74, 6) is 0.346. The number of esters is 1. The number of methoxy groups -OCH3 is 1. The molecule has 222 valence electrons. The number of nitrogens with zero attached hydrogens (tertiary/aromatic N) is 6. The van der Waals surface area contributed by atoms with Crippen molar-refractivity contribution in [1.82, 2.24) is 29.2 Å². The van der Waals surface area contributed by atoms with Crippen LogP contribution in [0.4, 0.5) is 4.79 Å². The van der Waals surface area contributed by atoms with Gasteiger partial charge < -0.3 is 24.2 Å². The predicted molar refractivity (Wildman–Crippen MR) is 159 cm³/mol. The average Bonchev–Trinajstić information content (AvgIpc) is 3.75. The second kappa shape index (κ2) is 11.8. The largest absolute Gasteiger partial charge is 0.484 e. The van der Waals surface area contributed by atoms with Crippen molar-refractivity contribution in [2.75, 3.05) is 20.2 Å². The Bertz CT molecular complexity index is 1790. The first-order valence-corrected chi connectivity index (χ1v) is 14.6. The van der Waals surface area contributed by atoms with E-state index in [1.54, 1.807) is 17.2 Å². The van der Waals surface area contributed by atoms with Crippen LogP contribution in [0, 0.1) is 0 Å². The summed E-state index contributed by atoms with van der Waals surface area (Å²) in [6.07, 6.45) is 6.86. The van der Waals surface area contributed by atoms with Crippen LogP contribution in [0.2, 0.25) is 0 Å². The number of hydrogen-bond donors (Lipinski definition) is 1. The van der Waals surface area contributed by atoms with Crippen LogP contribution in [-0.2, 0) is 11.8 Å². The third-order valence-electron chi connectivity index (χ3n) is 7.41. The third kappa shape index (κ3) is 5.89. The molecule has 13 heteroatoms. The molecule has 12 nitrogen and oxygen atoms in total. The molecule has 0 spiro atoms. The Labute approximate surface area is 251 Å². The fourth-order valence-corrected chi connectivity index (χ4v) is 6.07. The van der Waals surface area contributed by atoms with Crippen LogP contribution in [0.1, 0.15) is 41.1 Å². The number of imidazole rings is 1. The van der Waals surface area contributed by atoms with Crippen molar-refractivity contribution in [1.29, 1.82) is 0 Å². The molecular formula is C30H30N6O6S. The fourth-order valence-electron chi connectivity index (χ4n) is 5.08. The molecule has 1 atom stereocenters. The smallest absolute Gasteiger partial charge is 0.407 e. The highest BCUT2D eigenvalue weighted by Gasteiger charge is 2.25. The lowest BCUT2D eigenvalue weighted by molar-refractivity contribution is 0.0599. The molecule has 6 rings (SSSR count). The Hall–Kier alpha value is -4.91. The van der Waals surface area contributed by atoms with E-state index >= 15 is 0 Å². The number of likely N-dealkylation sites (tertiary alicyclic amines) is 1. The van der Waals surface area contributed by atoms with Gasteiger partial charge in [0.2, 0.25) is 5.88 Å². The molecule has 1 aromatic carbocycles. The van der Waals surface area contributed by atoms with Gasteiger partial charge in [0.05, 0.1) is 24.3 Å². The lowest BCUT2D eigenvalue weighted by Crippen LogP contribution is -2.41. The SMILES string of the molecule is COC(=O)c1sc(-n2cnc3cc(-c4cnn(C)c4)ccc32)cc1OC(C)c1ccnc(OC2CCN(C(=O)O)CC2)c1. The zero-order valence-electron chi connectivity index (χ0n) is 23.8. The van der Waals surface area contributed by atoms with Gasteiger partial charge in [0.1, 0.15) is 29.3 Å². The van der Waals surface area contributed by atoms with Gasteiger partial charge in [-0.3, -0.25) is 9.25 Å². The number of pyridine rings is 1. The van der Waals surface area contributed by atoms with Crippen LogP contribution in [0.25, 0.3) is 27.2 Å². The standard InChI is InChI=1S/C30H30N6O6S/c1-18(19-6-9-31-26(13-19)42-22-7-10-35(11-8-22)30(38)39)41-25-14-27(43-28(25)29(37)40-3)36-17-32-23-12-20(4-5-24(23)36)21-15-33-34(2)16-21/h4-6,9,12-18,22H,7-8,10-11H2,1-3H3,(H,38,39). The van der Waals surface area contributed by atoms with Gasteiger partial charge in [0.15, 0.2) is 4.88 Å². The van der Waals surface area contributed by atoms with E-state index < -0.39 is 18.2 Å². The van der Waals surface area contributed by atoms with Gasteiger partial charge in [-0.1, -0.05) is 6.07 Å². The van der Waals surface area contributed by atoms with Gasteiger partial charge in [0, 0.05) is 63.1 Å². The van der Waals surface area contributed by atoms with Crippen molar-refractivity contribution >= 4 is 34.4 Å². The number of ether oxygens (including phenoxy) is 3. The number of aromatic nitrogens is 5. The summed E-state index contributed by atoms with van der Waals surface area (Å²) in [5.41, 5.74) is 4.52. The fraction of sp³-hybridized carbons (Fsp3) is 0.300. The van der Waals surface area contributed by atoms with Crippen molar-refractivity contribution in [2.24, 2.45) is 7.05 Å². The molecule has 1 aliphatic rings. The normalized spacial score (nSPS) is 14.5. The molecule has 1 amide bonds. The monoisotopic (exact) mass is 602 g/mol. The van der Waals surface area contributed by atoms with E-state index in [9.17, 15) is 14.7 Å². The minimum absolute atomic E-state index is 0.120. The average molecular weight is 603 g/mol. The maximum atomic E-state index is 12.7. The Morgan fingerprint density at radius 2 is 1.91 bits per heavy atom. The lowest BCUT2D eigenvalue weighted by Gasteiger charge is -2.30. The van der Waals surface area contributed by atoms with E-state index in [4.69, 9.17) is 14.2 Å². The lowest BCUT2D eigenvalue weighted by atomic mass is 10.1. The highest BCUT2D eigenvalue weighted by molar-refractivity contribution is 7.16. The van der Waals surface area contributed by atoms with Crippen LogP contribution >= 0.6 is 11.3 Å². The van der Waals surface area contributed by atoms with E-state index in [1.807, 2.05) is 67.3 Å².